The smallest absolute Gasteiger partial charge is 0.251 e. The minimum absolute atomic E-state index is 0.152. The second-order valence-corrected chi connectivity index (χ2v) is 8.94. The van der Waals surface area contributed by atoms with Gasteiger partial charge in [-0.05, 0) is 55.7 Å². The molecule has 0 radical (unpaired) electrons. The lowest BCUT2D eigenvalue weighted by atomic mass is 10.0. The SMILES string of the molecule is C[C@H](NC(=O)c1ccc2c(c1)C[C@@H](C)N2S(C)(=O)=O)c1ccccc1Cl. The molecule has 1 amide bonds. The number of nitrogens with one attached hydrogen (secondary N) is 1. The van der Waals surface area contributed by atoms with Crippen LogP contribution in [0.4, 0.5) is 5.69 Å². The first-order chi connectivity index (χ1) is 12.2. The number of carbonyl (C=O) groups is 1. The van der Waals surface area contributed by atoms with Gasteiger partial charge in [-0.25, -0.2) is 8.42 Å². The van der Waals surface area contributed by atoms with E-state index in [-0.39, 0.29) is 18.0 Å². The average Bonchev–Trinajstić information content (AvgIpc) is 2.89. The number of rotatable bonds is 4. The van der Waals surface area contributed by atoms with Crippen molar-refractivity contribution in [2.75, 3.05) is 10.6 Å². The molecule has 138 valence electrons. The minimum atomic E-state index is -3.34. The molecule has 26 heavy (non-hydrogen) atoms. The Balaban J connectivity index is 1.82. The van der Waals surface area contributed by atoms with Gasteiger partial charge < -0.3 is 5.32 Å². The van der Waals surface area contributed by atoms with Crippen LogP contribution in [0.15, 0.2) is 42.5 Å². The molecule has 1 aliphatic heterocycles. The largest absolute Gasteiger partial charge is 0.345 e. The Bertz CT molecular complexity index is 959. The number of nitrogens with zero attached hydrogens (tertiary/aromatic N) is 1. The second-order valence-electron chi connectivity index (χ2n) is 6.67. The van der Waals surface area contributed by atoms with Crippen LogP contribution in [-0.4, -0.2) is 26.6 Å². The maximum Gasteiger partial charge on any atom is 0.251 e. The Hall–Kier alpha value is -2.05. The van der Waals surface area contributed by atoms with Gasteiger partial charge in [-0.15, -0.1) is 0 Å². The van der Waals surface area contributed by atoms with E-state index in [1.165, 1.54) is 10.6 Å². The molecule has 2 atom stereocenters. The number of benzene rings is 2. The lowest BCUT2D eigenvalue weighted by Crippen LogP contribution is -2.34. The van der Waals surface area contributed by atoms with Crippen molar-refractivity contribution >= 4 is 33.2 Å². The van der Waals surface area contributed by atoms with Gasteiger partial charge in [0, 0.05) is 16.6 Å². The van der Waals surface area contributed by atoms with Crippen LogP contribution in [0.3, 0.4) is 0 Å². The van der Waals surface area contributed by atoms with Crippen molar-refractivity contribution in [2.45, 2.75) is 32.4 Å². The van der Waals surface area contributed by atoms with Gasteiger partial charge in [0.15, 0.2) is 0 Å². The summed E-state index contributed by atoms with van der Waals surface area (Å²) < 4.78 is 25.4. The summed E-state index contributed by atoms with van der Waals surface area (Å²) in [6.45, 7) is 3.74. The van der Waals surface area contributed by atoms with Crippen molar-refractivity contribution in [3.63, 3.8) is 0 Å². The number of halogens is 1. The fourth-order valence-corrected chi connectivity index (χ4v) is 5.00. The van der Waals surface area contributed by atoms with Crippen LogP contribution in [0.2, 0.25) is 5.02 Å². The monoisotopic (exact) mass is 392 g/mol. The quantitative estimate of drug-likeness (QED) is 0.865. The predicted octanol–water partition coefficient (Wildman–Crippen LogP) is 3.54. The van der Waals surface area contributed by atoms with Crippen LogP contribution in [0, 0.1) is 0 Å². The lowest BCUT2D eigenvalue weighted by Gasteiger charge is -2.22. The Morgan fingerprint density at radius 3 is 2.62 bits per heavy atom. The van der Waals surface area contributed by atoms with E-state index in [1.54, 1.807) is 24.3 Å². The van der Waals surface area contributed by atoms with E-state index in [0.29, 0.717) is 22.7 Å². The number of carbonyl (C=O) groups excluding carboxylic acids is 1. The fraction of sp³-hybridized carbons (Fsp3) is 0.316. The van der Waals surface area contributed by atoms with E-state index in [2.05, 4.69) is 5.32 Å². The van der Waals surface area contributed by atoms with E-state index >= 15 is 0 Å². The highest BCUT2D eigenvalue weighted by Gasteiger charge is 2.32. The molecule has 2 aromatic carbocycles. The Morgan fingerprint density at radius 2 is 1.96 bits per heavy atom. The summed E-state index contributed by atoms with van der Waals surface area (Å²) in [6, 6.07) is 12.1. The molecule has 7 heteroatoms. The molecule has 0 spiro atoms. The topological polar surface area (TPSA) is 66.5 Å². The zero-order chi connectivity index (χ0) is 19.1. The summed E-state index contributed by atoms with van der Waals surface area (Å²) >= 11 is 6.19. The number of anilines is 1. The van der Waals surface area contributed by atoms with Gasteiger partial charge in [-0.1, -0.05) is 29.8 Å². The molecule has 0 saturated heterocycles. The summed E-state index contributed by atoms with van der Waals surface area (Å²) in [7, 11) is -3.34. The summed E-state index contributed by atoms with van der Waals surface area (Å²) in [5, 5.41) is 3.55. The third-order valence-corrected chi connectivity index (χ3v) is 6.19. The van der Waals surface area contributed by atoms with E-state index in [0.717, 1.165) is 11.1 Å². The normalized spacial score (nSPS) is 17.7. The van der Waals surface area contributed by atoms with E-state index in [4.69, 9.17) is 11.6 Å². The van der Waals surface area contributed by atoms with Gasteiger partial charge in [0.1, 0.15) is 0 Å². The molecule has 0 fully saturated rings. The van der Waals surface area contributed by atoms with Gasteiger partial charge in [0.2, 0.25) is 10.0 Å². The fourth-order valence-electron chi connectivity index (χ4n) is 3.43. The van der Waals surface area contributed by atoms with Crippen LogP contribution in [0.25, 0.3) is 0 Å². The maximum atomic E-state index is 12.6. The molecule has 0 saturated carbocycles. The summed E-state index contributed by atoms with van der Waals surface area (Å²) in [5.41, 5.74) is 2.86. The van der Waals surface area contributed by atoms with Gasteiger partial charge >= 0.3 is 0 Å². The highest BCUT2D eigenvalue weighted by atomic mass is 35.5. The highest BCUT2D eigenvalue weighted by molar-refractivity contribution is 7.92. The van der Waals surface area contributed by atoms with Crippen molar-refractivity contribution in [3.05, 3.63) is 64.2 Å². The standard InChI is InChI=1S/C19H21ClN2O3S/c1-12-10-15-11-14(8-9-18(15)22(12)26(3,24)25)19(23)21-13(2)16-6-4-5-7-17(16)20/h4-9,11-13H,10H2,1-3H3,(H,21,23)/t12-,13+/m1/s1. The first kappa shape index (κ1) is 18.7. The van der Waals surface area contributed by atoms with Crippen molar-refractivity contribution in [1.82, 2.24) is 5.32 Å². The molecule has 5 nitrogen and oxygen atoms in total. The summed E-state index contributed by atoms with van der Waals surface area (Å²) in [4.78, 5) is 12.6. The third-order valence-electron chi connectivity index (χ3n) is 4.57. The number of fused-ring (bicyclic) bond motifs is 1. The van der Waals surface area contributed by atoms with Gasteiger partial charge in [-0.2, -0.15) is 0 Å². The van der Waals surface area contributed by atoms with Crippen molar-refractivity contribution in [3.8, 4) is 0 Å². The lowest BCUT2D eigenvalue weighted by molar-refractivity contribution is 0.0940. The van der Waals surface area contributed by atoms with Crippen LogP contribution >= 0.6 is 11.6 Å². The molecule has 0 aromatic heterocycles. The third kappa shape index (κ3) is 3.57. The van der Waals surface area contributed by atoms with Crippen LogP contribution in [-0.2, 0) is 16.4 Å². The minimum Gasteiger partial charge on any atom is -0.345 e. The Morgan fingerprint density at radius 1 is 1.27 bits per heavy atom. The van der Waals surface area contributed by atoms with Crippen molar-refractivity contribution in [1.29, 1.82) is 0 Å². The molecule has 0 bridgehead atoms. The zero-order valence-corrected chi connectivity index (χ0v) is 16.4. The molecule has 0 aliphatic carbocycles. The molecule has 3 rings (SSSR count). The summed E-state index contributed by atoms with van der Waals surface area (Å²) in [5.74, 6) is -0.217. The number of hydrogen-bond acceptors (Lipinski definition) is 3. The highest BCUT2D eigenvalue weighted by Crippen LogP contribution is 2.34. The first-order valence-corrected chi connectivity index (χ1v) is 10.6. The molecule has 0 unspecified atom stereocenters. The van der Waals surface area contributed by atoms with Crippen molar-refractivity contribution < 1.29 is 13.2 Å². The van der Waals surface area contributed by atoms with Gasteiger partial charge in [-0.3, -0.25) is 9.10 Å². The number of sulfonamides is 1. The average molecular weight is 393 g/mol. The summed E-state index contributed by atoms with van der Waals surface area (Å²) in [6.07, 6.45) is 1.79. The van der Waals surface area contributed by atoms with Gasteiger partial charge in [0.25, 0.3) is 5.91 Å². The van der Waals surface area contributed by atoms with Crippen molar-refractivity contribution in [2.24, 2.45) is 0 Å². The molecule has 1 heterocycles. The molecular weight excluding hydrogens is 372 g/mol. The predicted molar refractivity (Wildman–Crippen MR) is 104 cm³/mol. The van der Waals surface area contributed by atoms with Crippen LogP contribution < -0.4 is 9.62 Å². The first-order valence-electron chi connectivity index (χ1n) is 8.36. The number of amides is 1. The molecule has 2 aromatic rings. The second kappa shape index (κ2) is 6.93. The Labute approximate surface area is 159 Å². The zero-order valence-electron chi connectivity index (χ0n) is 14.9. The molecule has 1 N–H and O–H groups in total. The van der Waals surface area contributed by atoms with Gasteiger partial charge in [0.05, 0.1) is 18.0 Å². The number of hydrogen-bond donors (Lipinski definition) is 1. The van der Waals surface area contributed by atoms with Crippen LogP contribution in [0.1, 0.15) is 41.4 Å². The van der Waals surface area contributed by atoms with Crippen LogP contribution in [0.5, 0.6) is 0 Å². The molecule has 1 aliphatic rings. The molecular formula is C19H21ClN2O3S. The maximum absolute atomic E-state index is 12.6. The van der Waals surface area contributed by atoms with E-state index in [9.17, 15) is 13.2 Å². The van der Waals surface area contributed by atoms with E-state index in [1.807, 2.05) is 32.0 Å². The van der Waals surface area contributed by atoms with E-state index < -0.39 is 10.0 Å². The Kier molecular flexibility index (Phi) is 4.99.